The third-order valence-electron chi connectivity index (χ3n) is 1.83. The Balaban J connectivity index is 2.84. The first-order chi connectivity index (χ1) is 6.36. The molecule has 2 nitrogen and oxygen atoms in total. The van der Waals surface area contributed by atoms with Crippen LogP contribution in [0.2, 0.25) is 0 Å². The summed E-state index contributed by atoms with van der Waals surface area (Å²) in [6.45, 7) is 0. The van der Waals surface area contributed by atoms with Gasteiger partial charge in [0.15, 0.2) is 0 Å². The Labute approximate surface area is 75.9 Å². The van der Waals surface area contributed by atoms with Crippen LogP contribution in [0, 0.1) is 0 Å². The van der Waals surface area contributed by atoms with E-state index in [1.807, 2.05) is 18.2 Å². The molecule has 64 valence electrons. The second kappa shape index (κ2) is 3.30. The fraction of sp³-hybridized carbons (Fsp3) is 0.0909. The van der Waals surface area contributed by atoms with Gasteiger partial charge >= 0.3 is 0 Å². The first-order valence-electron chi connectivity index (χ1n) is 4.13. The van der Waals surface area contributed by atoms with Gasteiger partial charge in [-0.3, -0.25) is 4.98 Å². The maximum Gasteiger partial charge on any atom is 0.114 e. The van der Waals surface area contributed by atoms with Gasteiger partial charge in [0.05, 0.1) is 5.35 Å². The number of aromatic nitrogens is 1. The van der Waals surface area contributed by atoms with E-state index < -0.39 is 0 Å². The number of hydrogen-bond donors (Lipinski definition) is 1. The van der Waals surface area contributed by atoms with Gasteiger partial charge in [-0.2, -0.15) is 0 Å². The molecule has 0 aliphatic heterocycles. The Morgan fingerprint density at radius 1 is 1.46 bits per heavy atom. The molecule has 0 saturated carbocycles. The summed E-state index contributed by atoms with van der Waals surface area (Å²) in [5.74, 6) is 0.262. The summed E-state index contributed by atoms with van der Waals surface area (Å²) in [5.41, 5.74) is 3.11. The molecule has 0 bridgehead atoms. The minimum atomic E-state index is 0.262. The van der Waals surface area contributed by atoms with Crippen LogP contribution in [0.25, 0.3) is 11.8 Å². The number of hydrogen-bond acceptors (Lipinski definition) is 2. The average Bonchev–Trinajstić information content (AvgIpc) is 2.11. The monoisotopic (exact) mass is 171 g/mol. The van der Waals surface area contributed by atoms with Gasteiger partial charge in [-0.25, -0.2) is 0 Å². The molecule has 0 unspecified atom stereocenters. The molecule has 1 aliphatic rings. The fourth-order valence-electron chi connectivity index (χ4n) is 1.20. The third kappa shape index (κ3) is 1.68. The van der Waals surface area contributed by atoms with Crippen molar-refractivity contribution < 1.29 is 5.11 Å². The highest BCUT2D eigenvalue weighted by Crippen LogP contribution is 1.94. The molecule has 1 heterocycles. The summed E-state index contributed by atoms with van der Waals surface area (Å²) in [6.07, 6.45) is 7.66. The Hall–Kier alpha value is -1.79. The van der Waals surface area contributed by atoms with Gasteiger partial charge in [0, 0.05) is 17.5 Å². The number of aliphatic hydroxyl groups is 1. The fourth-order valence-corrected chi connectivity index (χ4v) is 1.20. The van der Waals surface area contributed by atoms with Gasteiger partial charge in [0.1, 0.15) is 5.76 Å². The summed E-state index contributed by atoms with van der Waals surface area (Å²) >= 11 is 0. The van der Waals surface area contributed by atoms with Crippen LogP contribution in [0.15, 0.2) is 36.2 Å². The largest absolute Gasteiger partial charge is 0.508 e. The Morgan fingerprint density at radius 3 is 3.31 bits per heavy atom. The zero-order chi connectivity index (χ0) is 9.10. The van der Waals surface area contributed by atoms with E-state index in [1.54, 1.807) is 18.3 Å². The van der Waals surface area contributed by atoms with E-state index in [0.29, 0.717) is 6.42 Å². The average molecular weight is 171 g/mol. The molecule has 1 aliphatic carbocycles. The van der Waals surface area contributed by atoms with Gasteiger partial charge in [-0.15, -0.1) is 5.73 Å². The van der Waals surface area contributed by atoms with Crippen molar-refractivity contribution in [3.05, 3.63) is 46.8 Å². The van der Waals surface area contributed by atoms with E-state index in [4.69, 9.17) is 0 Å². The van der Waals surface area contributed by atoms with Crippen molar-refractivity contribution in [3.63, 3.8) is 0 Å². The topological polar surface area (TPSA) is 33.1 Å². The Bertz CT molecular complexity index is 493. The van der Waals surface area contributed by atoms with E-state index in [1.165, 1.54) is 0 Å². The van der Waals surface area contributed by atoms with Gasteiger partial charge in [0.25, 0.3) is 0 Å². The van der Waals surface area contributed by atoms with E-state index in [2.05, 4.69) is 10.7 Å². The molecule has 0 aromatic carbocycles. The van der Waals surface area contributed by atoms with E-state index >= 15 is 0 Å². The molecule has 1 aromatic heterocycles. The maximum absolute atomic E-state index is 9.38. The van der Waals surface area contributed by atoms with Crippen molar-refractivity contribution in [2.75, 3.05) is 0 Å². The van der Waals surface area contributed by atoms with Crippen LogP contribution in [0.4, 0.5) is 0 Å². The molecule has 0 spiro atoms. The number of rotatable bonds is 0. The SMILES string of the molecule is OC1=CCC=C=c2cccnc2=C1. The molecule has 1 N–H and O–H groups in total. The third-order valence-corrected chi connectivity index (χ3v) is 1.83. The van der Waals surface area contributed by atoms with Crippen LogP contribution in [-0.2, 0) is 0 Å². The lowest BCUT2D eigenvalue weighted by Gasteiger charge is -1.92. The molecular weight excluding hydrogens is 162 g/mol. The summed E-state index contributed by atoms with van der Waals surface area (Å²) in [7, 11) is 0. The summed E-state index contributed by atoms with van der Waals surface area (Å²) in [6, 6.07) is 3.78. The number of pyridine rings is 1. The molecule has 0 radical (unpaired) electrons. The summed E-state index contributed by atoms with van der Waals surface area (Å²) in [4.78, 5) is 4.13. The van der Waals surface area contributed by atoms with Gasteiger partial charge in [-0.1, -0.05) is 0 Å². The second-order valence-electron chi connectivity index (χ2n) is 2.79. The van der Waals surface area contributed by atoms with E-state index in [-0.39, 0.29) is 5.76 Å². The van der Waals surface area contributed by atoms with Crippen molar-refractivity contribution in [3.8, 4) is 0 Å². The van der Waals surface area contributed by atoms with Crippen LogP contribution >= 0.6 is 0 Å². The first-order valence-corrected chi connectivity index (χ1v) is 4.13. The maximum atomic E-state index is 9.38. The lowest BCUT2D eigenvalue weighted by molar-refractivity contribution is 0.439. The smallest absolute Gasteiger partial charge is 0.114 e. The number of aliphatic hydroxyl groups excluding tert-OH is 1. The number of fused-ring (bicyclic) bond motifs is 1. The van der Waals surface area contributed by atoms with Crippen LogP contribution in [0.5, 0.6) is 0 Å². The highest BCUT2D eigenvalue weighted by atomic mass is 16.3. The van der Waals surface area contributed by atoms with Crippen molar-refractivity contribution in [2.24, 2.45) is 0 Å². The molecule has 0 saturated heterocycles. The lowest BCUT2D eigenvalue weighted by Crippen LogP contribution is -2.26. The highest BCUT2D eigenvalue weighted by Gasteiger charge is 1.90. The molecule has 2 heteroatoms. The highest BCUT2D eigenvalue weighted by molar-refractivity contribution is 5.43. The predicted molar refractivity (Wildman–Crippen MR) is 51.3 cm³/mol. The lowest BCUT2D eigenvalue weighted by atomic mass is 10.2. The molecule has 2 rings (SSSR count). The molecule has 0 amide bonds. The quantitative estimate of drug-likeness (QED) is 0.621. The van der Waals surface area contributed by atoms with E-state index in [9.17, 15) is 5.11 Å². The van der Waals surface area contributed by atoms with Crippen LogP contribution in [0.3, 0.4) is 0 Å². The van der Waals surface area contributed by atoms with E-state index in [0.717, 1.165) is 10.6 Å². The Morgan fingerprint density at radius 2 is 2.38 bits per heavy atom. The molecule has 0 atom stereocenters. The molecule has 13 heavy (non-hydrogen) atoms. The van der Waals surface area contributed by atoms with Crippen LogP contribution in [0.1, 0.15) is 6.42 Å². The minimum absolute atomic E-state index is 0.262. The van der Waals surface area contributed by atoms with Gasteiger partial charge in [0.2, 0.25) is 0 Å². The predicted octanol–water partition coefficient (Wildman–Crippen LogP) is 0.643. The first kappa shape index (κ1) is 7.84. The van der Waals surface area contributed by atoms with Crippen molar-refractivity contribution >= 4 is 11.8 Å². The molecular formula is C11H9NO. The van der Waals surface area contributed by atoms with Crippen LogP contribution < -0.4 is 10.6 Å². The number of nitrogens with zero attached hydrogens (tertiary/aromatic N) is 1. The zero-order valence-corrected chi connectivity index (χ0v) is 7.07. The summed E-state index contributed by atoms with van der Waals surface area (Å²) < 4.78 is 0. The van der Waals surface area contributed by atoms with Crippen LogP contribution in [-0.4, -0.2) is 10.1 Å². The standard InChI is InChI=1S/C11H9NO/c13-10-6-2-1-4-9-5-3-7-12-11(9)8-10/h1,3,5-8,13H,2H2. The summed E-state index contributed by atoms with van der Waals surface area (Å²) in [5, 5.41) is 11.1. The molecule has 1 aromatic rings. The minimum Gasteiger partial charge on any atom is -0.508 e. The van der Waals surface area contributed by atoms with Gasteiger partial charge < -0.3 is 5.11 Å². The molecule has 0 fully saturated rings. The van der Waals surface area contributed by atoms with Crippen molar-refractivity contribution in [2.45, 2.75) is 6.42 Å². The van der Waals surface area contributed by atoms with Crippen molar-refractivity contribution in [1.29, 1.82) is 0 Å². The van der Waals surface area contributed by atoms with Gasteiger partial charge in [-0.05, 0) is 30.7 Å². The van der Waals surface area contributed by atoms with Crippen molar-refractivity contribution in [1.82, 2.24) is 4.98 Å². The normalized spacial score (nSPS) is 14.3. The number of allylic oxidation sites excluding steroid dienone is 3. The second-order valence-corrected chi connectivity index (χ2v) is 2.79. The Kier molecular flexibility index (Phi) is 1.99. The zero-order valence-electron chi connectivity index (χ0n) is 7.07.